The fraction of sp³-hybridized carbons (Fsp3) is 0.667. The topological polar surface area (TPSA) is 40.6 Å². The fourth-order valence-electron chi connectivity index (χ4n) is 4.37. The third kappa shape index (κ3) is 2.85. The van der Waals surface area contributed by atoms with Crippen molar-refractivity contribution in [1.82, 2.24) is 9.80 Å². The van der Waals surface area contributed by atoms with Crippen molar-refractivity contribution >= 4 is 23.0 Å². The van der Waals surface area contributed by atoms with E-state index in [0.717, 1.165) is 36.4 Å². The van der Waals surface area contributed by atoms with Gasteiger partial charge < -0.3 is 9.80 Å². The fourth-order valence-corrected chi connectivity index (χ4v) is 5.28. The summed E-state index contributed by atoms with van der Waals surface area (Å²) >= 11 is 1.49. The van der Waals surface area contributed by atoms with Crippen LogP contribution in [-0.4, -0.2) is 53.7 Å². The van der Waals surface area contributed by atoms with Crippen molar-refractivity contribution in [2.45, 2.75) is 50.5 Å². The Hall–Kier alpha value is -1.20. The van der Waals surface area contributed by atoms with Gasteiger partial charge in [0, 0.05) is 25.6 Å². The average Bonchev–Trinajstić information content (AvgIpc) is 3.27. The second-order valence-electron chi connectivity index (χ2n) is 7.07. The molecule has 0 radical (unpaired) electrons. The molecule has 5 heteroatoms. The number of hydrogen-bond acceptors (Lipinski definition) is 4. The number of piperidine rings is 1. The number of hydrogen-bond donors (Lipinski definition) is 0. The molecule has 3 heterocycles. The van der Waals surface area contributed by atoms with Crippen LogP contribution in [0.15, 0.2) is 11.4 Å². The molecule has 1 aromatic rings. The lowest BCUT2D eigenvalue weighted by Crippen LogP contribution is -2.50. The number of fused-ring (bicyclic) bond motifs is 1. The molecule has 4 rings (SSSR count). The van der Waals surface area contributed by atoms with E-state index in [-0.39, 0.29) is 17.6 Å². The molecule has 0 N–H and O–H groups in total. The lowest BCUT2D eigenvalue weighted by atomic mass is 9.96. The van der Waals surface area contributed by atoms with Crippen LogP contribution < -0.4 is 0 Å². The predicted molar refractivity (Wildman–Crippen MR) is 91.0 cm³/mol. The quantitative estimate of drug-likeness (QED) is 0.854. The van der Waals surface area contributed by atoms with Crippen LogP contribution in [0.5, 0.6) is 0 Å². The van der Waals surface area contributed by atoms with Crippen molar-refractivity contribution in [2.75, 3.05) is 26.2 Å². The molecule has 2 unspecified atom stereocenters. The summed E-state index contributed by atoms with van der Waals surface area (Å²) in [6.45, 7) is 4.23. The van der Waals surface area contributed by atoms with E-state index in [4.69, 9.17) is 0 Å². The van der Waals surface area contributed by atoms with Crippen LogP contribution in [0, 0.1) is 0 Å². The van der Waals surface area contributed by atoms with Crippen LogP contribution in [0.3, 0.4) is 0 Å². The van der Waals surface area contributed by atoms with Gasteiger partial charge in [-0.3, -0.25) is 9.59 Å². The van der Waals surface area contributed by atoms with Gasteiger partial charge in [-0.15, -0.1) is 11.3 Å². The molecule has 1 aromatic heterocycles. The summed E-state index contributed by atoms with van der Waals surface area (Å²) in [4.78, 5) is 30.7. The maximum absolute atomic E-state index is 13.2. The Bertz CT molecular complexity index is 606. The Morgan fingerprint density at radius 2 is 1.96 bits per heavy atom. The van der Waals surface area contributed by atoms with E-state index < -0.39 is 0 Å². The van der Waals surface area contributed by atoms with Crippen LogP contribution in [0.25, 0.3) is 0 Å². The van der Waals surface area contributed by atoms with Gasteiger partial charge in [0.25, 0.3) is 0 Å². The lowest BCUT2D eigenvalue weighted by molar-refractivity contribution is -0.136. The third-order valence-electron chi connectivity index (χ3n) is 5.59. The van der Waals surface area contributed by atoms with E-state index >= 15 is 0 Å². The van der Waals surface area contributed by atoms with E-state index in [9.17, 15) is 9.59 Å². The summed E-state index contributed by atoms with van der Waals surface area (Å²) in [5, 5.41) is 1.94. The number of rotatable bonds is 3. The Morgan fingerprint density at radius 1 is 1.17 bits per heavy atom. The average molecular weight is 332 g/mol. The number of nitrogens with zero attached hydrogens (tertiary/aromatic N) is 2. The summed E-state index contributed by atoms with van der Waals surface area (Å²) in [7, 11) is 0. The minimum atomic E-state index is -0.220. The molecule has 0 saturated carbocycles. The van der Waals surface area contributed by atoms with E-state index in [1.54, 1.807) is 0 Å². The Balaban J connectivity index is 1.50. The third-order valence-corrected chi connectivity index (χ3v) is 6.56. The molecule has 2 fully saturated rings. The molecular formula is C18H24N2O2S. The highest BCUT2D eigenvalue weighted by atomic mass is 32.1. The van der Waals surface area contributed by atoms with Gasteiger partial charge in [-0.05, 0) is 62.2 Å². The number of carbonyl (C=O) groups is 2. The maximum Gasteiger partial charge on any atom is 0.230 e. The van der Waals surface area contributed by atoms with Crippen molar-refractivity contribution in [2.24, 2.45) is 0 Å². The van der Waals surface area contributed by atoms with Gasteiger partial charge in [0.15, 0.2) is 5.78 Å². The highest BCUT2D eigenvalue weighted by molar-refractivity contribution is 7.12. The summed E-state index contributed by atoms with van der Waals surface area (Å²) in [5.74, 6) is 0.128. The lowest BCUT2D eigenvalue weighted by Gasteiger charge is -2.39. The summed E-state index contributed by atoms with van der Waals surface area (Å²) in [5.41, 5.74) is 0.982. The van der Waals surface area contributed by atoms with Crippen LogP contribution in [-0.2, 0) is 4.79 Å². The van der Waals surface area contributed by atoms with E-state index in [1.807, 2.05) is 11.4 Å². The highest BCUT2D eigenvalue weighted by Gasteiger charge is 2.40. The van der Waals surface area contributed by atoms with E-state index in [1.165, 1.54) is 43.7 Å². The molecule has 2 aliphatic heterocycles. The van der Waals surface area contributed by atoms with Crippen molar-refractivity contribution in [3.05, 3.63) is 21.9 Å². The SMILES string of the molecule is O=C1CC(C(=O)N2CCCCC2CN2CCCC2)c2ccsc21. The van der Waals surface area contributed by atoms with Gasteiger partial charge in [0.1, 0.15) is 0 Å². The molecule has 124 valence electrons. The van der Waals surface area contributed by atoms with Gasteiger partial charge in [0.05, 0.1) is 10.8 Å². The number of amides is 1. The van der Waals surface area contributed by atoms with E-state index in [0.29, 0.717) is 12.5 Å². The predicted octanol–water partition coefficient (Wildman–Crippen LogP) is 2.90. The van der Waals surface area contributed by atoms with Gasteiger partial charge in [-0.2, -0.15) is 0 Å². The molecular weight excluding hydrogens is 308 g/mol. The van der Waals surface area contributed by atoms with Crippen LogP contribution in [0.4, 0.5) is 0 Å². The standard InChI is InChI=1S/C18H24N2O2S/c21-16-11-15(14-6-10-23-17(14)16)18(22)20-9-2-1-5-13(20)12-19-7-3-4-8-19/h6,10,13,15H,1-5,7-9,11-12H2. The van der Waals surface area contributed by atoms with Crippen LogP contribution in [0.1, 0.15) is 59.7 Å². The Labute approximate surface area is 141 Å². The smallest absolute Gasteiger partial charge is 0.230 e. The van der Waals surface area contributed by atoms with Crippen LogP contribution >= 0.6 is 11.3 Å². The Morgan fingerprint density at radius 3 is 2.78 bits per heavy atom. The minimum Gasteiger partial charge on any atom is -0.338 e. The zero-order valence-electron chi connectivity index (χ0n) is 13.5. The second kappa shape index (κ2) is 6.36. The molecule has 0 bridgehead atoms. The first-order valence-electron chi connectivity index (χ1n) is 8.87. The normalized spacial score (nSPS) is 28.3. The molecule has 0 aromatic carbocycles. The molecule has 1 aliphatic carbocycles. The maximum atomic E-state index is 13.2. The number of thiophene rings is 1. The molecule has 2 saturated heterocycles. The van der Waals surface area contributed by atoms with Gasteiger partial charge in [-0.1, -0.05) is 0 Å². The number of carbonyl (C=O) groups excluding carboxylic acids is 2. The van der Waals surface area contributed by atoms with Crippen molar-refractivity contribution in [1.29, 1.82) is 0 Å². The minimum absolute atomic E-state index is 0.154. The molecule has 2 atom stereocenters. The van der Waals surface area contributed by atoms with Gasteiger partial charge in [-0.25, -0.2) is 0 Å². The van der Waals surface area contributed by atoms with Crippen molar-refractivity contribution in [3.8, 4) is 0 Å². The molecule has 4 nitrogen and oxygen atoms in total. The van der Waals surface area contributed by atoms with Crippen LogP contribution in [0.2, 0.25) is 0 Å². The number of ketones is 1. The second-order valence-corrected chi connectivity index (χ2v) is 7.99. The van der Waals surface area contributed by atoms with Crippen molar-refractivity contribution in [3.63, 3.8) is 0 Å². The zero-order chi connectivity index (χ0) is 15.8. The van der Waals surface area contributed by atoms with E-state index in [2.05, 4.69) is 9.80 Å². The van der Waals surface area contributed by atoms with Gasteiger partial charge >= 0.3 is 0 Å². The summed E-state index contributed by atoms with van der Waals surface area (Å²) in [6.07, 6.45) is 6.38. The largest absolute Gasteiger partial charge is 0.338 e. The monoisotopic (exact) mass is 332 g/mol. The first-order valence-corrected chi connectivity index (χ1v) is 9.75. The summed E-state index contributed by atoms with van der Waals surface area (Å²) < 4.78 is 0. The first kappa shape index (κ1) is 15.3. The number of Topliss-reactive ketones (excluding diaryl/α,β-unsaturated/α-hetero) is 1. The first-order chi connectivity index (χ1) is 11.2. The van der Waals surface area contributed by atoms with Crippen molar-refractivity contribution < 1.29 is 9.59 Å². The molecule has 1 amide bonds. The highest BCUT2D eigenvalue weighted by Crippen LogP contribution is 2.38. The molecule has 23 heavy (non-hydrogen) atoms. The molecule has 3 aliphatic rings. The zero-order valence-corrected chi connectivity index (χ0v) is 14.3. The molecule has 0 spiro atoms. The Kier molecular flexibility index (Phi) is 4.24. The number of likely N-dealkylation sites (tertiary alicyclic amines) is 2. The summed E-state index contributed by atoms with van der Waals surface area (Å²) in [6, 6.07) is 2.32. The van der Waals surface area contributed by atoms with Gasteiger partial charge in [0.2, 0.25) is 5.91 Å².